The Balaban J connectivity index is 1.81. The maximum absolute atomic E-state index is 12.5. The number of benzene rings is 2. The first-order valence-electron chi connectivity index (χ1n) is 7.96. The van der Waals surface area contributed by atoms with E-state index in [1.165, 1.54) is 0 Å². The van der Waals surface area contributed by atoms with E-state index in [4.69, 9.17) is 4.74 Å². The molecule has 0 bridgehead atoms. The monoisotopic (exact) mass is 331 g/mol. The lowest BCUT2D eigenvalue weighted by Gasteiger charge is -2.05. The van der Waals surface area contributed by atoms with Gasteiger partial charge in [0.25, 0.3) is 5.56 Å². The van der Waals surface area contributed by atoms with Crippen molar-refractivity contribution in [2.75, 3.05) is 7.11 Å². The Morgan fingerprint density at radius 1 is 1.12 bits per heavy atom. The Morgan fingerprint density at radius 2 is 1.96 bits per heavy atom. The SMILES string of the molecule is COc1ccc2[nH]cc(C=Cc3nc4ccccc4c(=O)n3C)c2c1. The Kier molecular flexibility index (Phi) is 3.61. The Morgan fingerprint density at radius 3 is 2.80 bits per heavy atom. The molecule has 1 N–H and O–H groups in total. The number of H-pyrrole nitrogens is 1. The molecule has 0 saturated carbocycles. The number of nitrogens with one attached hydrogen (secondary N) is 1. The van der Waals surface area contributed by atoms with Crippen molar-refractivity contribution in [1.29, 1.82) is 0 Å². The first kappa shape index (κ1) is 15.2. The molecule has 124 valence electrons. The molecular weight excluding hydrogens is 314 g/mol. The van der Waals surface area contributed by atoms with E-state index in [0.29, 0.717) is 16.7 Å². The molecule has 25 heavy (non-hydrogen) atoms. The van der Waals surface area contributed by atoms with Crippen LogP contribution in [0.25, 0.3) is 34.0 Å². The Hall–Kier alpha value is -3.34. The van der Waals surface area contributed by atoms with Gasteiger partial charge in [0.1, 0.15) is 11.6 Å². The molecule has 2 aromatic carbocycles. The molecule has 5 heteroatoms. The fourth-order valence-electron chi connectivity index (χ4n) is 2.93. The molecule has 5 nitrogen and oxygen atoms in total. The Labute approximate surface area is 144 Å². The largest absolute Gasteiger partial charge is 0.497 e. The molecule has 4 aromatic rings. The summed E-state index contributed by atoms with van der Waals surface area (Å²) in [6.07, 6.45) is 5.74. The lowest BCUT2D eigenvalue weighted by Crippen LogP contribution is -2.20. The fourth-order valence-corrected chi connectivity index (χ4v) is 2.93. The number of para-hydroxylation sites is 1. The number of hydrogen-bond acceptors (Lipinski definition) is 3. The highest BCUT2D eigenvalue weighted by Gasteiger charge is 2.06. The first-order valence-corrected chi connectivity index (χ1v) is 7.96. The third-order valence-corrected chi connectivity index (χ3v) is 4.35. The van der Waals surface area contributed by atoms with Gasteiger partial charge < -0.3 is 9.72 Å². The van der Waals surface area contributed by atoms with Crippen molar-refractivity contribution >= 4 is 34.0 Å². The van der Waals surface area contributed by atoms with Crippen LogP contribution in [0.4, 0.5) is 0 Å². The van der Waals surface area contributed by atoms with Gasteiger partial charge in [0.15, 0.2) is 0 Å². The molecule has 2 heterocycles. The van der Waals surface area contributed by atoms with E-state index in [1.807, 2.05) is 54.7 Å². The molecule has 0 aliphatic rings. The average molecular weight is 331 g/mol. The molecular formula is C20H17N3O2. The number of aromatic amines is 1. The van der Waals surface area contributed by atoms with Crippen LogP contribution in [0.3, 0.4) is 0 Å². The standard InChI is InChI=1S/C20H17N3O2/c1-23-19(22-18-6-4-3-5-15(18)20(23)24)10-7-13-12-21-17-9-8-14(25-2)11-16(13)17/h3-12,21H,1-2H3. The molecule has 0 saturated heterocycles. The maximum Gasteiger partial charge on any atom is 0.261 e. The molecule has 0 amide bonds. The van der Waals surface area contributed by atoms with Gasteiger partial charge in [-0.15, -0.1) is 0 Å². The first-order chi connectivity index (χ1) is 12.2. The highest BCUT2D eigenvalue weighted by molar-refractivity contribution is 5.92. The second-order valence-electron chi connectivity index (χ2n) is 5.84. The van der Waals surface area contributed by atoms with Gasteiger partial charge in [-0.3, -0.25) is 9.36 Å². The van der Waals surface area contributed by atoms with E-state index >= 15 is 0 Å². The summed E-state index contributed by atoms with van der Waals surface area (Å²) in [6, 6.07) is 13.3. The molecule has 0 aliphatic heterocycles. The minimum Gasteiger partial charge on any atom is -0.497 e. The fraction of sp³-hybridized carbons (Fsp3) is 0.100. The van der Waals surface area contributed by atoms with Gasteiger partial charge in [-0.2, -0.15) is 0 Å². The van der Waals surface area contributed by atoms with Crippen LogP contribution in [0.2, 0.25) is 0 Å². The second kappa shape index (κ2) is 5.94. The van der Waals surface area contributed by atoms with Crippen molar-refractivity contribution in [3.8, 4) is 5.75 Å². The van der Waals surface area contributed by atoms with Crippen LogP contribution in [0, 0.1) is 0 Å². The smallest absolute Gasteiger partial charge is 0.261 e. The summed E-state index contributed by atoms with van der Waals surface area (Å²) >= 11 is 0. The van der Waals surface area contributed by atoms with E-state index in [1.54, 1.807) is 24.8 Å². The maximum atomic E-state index is 12.5. The molecule has 0 unspecified atom stereocenters. The van der Waals surface area contributed by atoms with Gasteiger partial charge in [0, 0.05) is 29.7 Å². The van der Waals surface area contributed by atoms with Crippen molar-refractivity contribution in [3.63, 3.8) is 0 Å². The van der Waals surface area contributed by atoms with Gasteiger partial charge in [0.2, 0.25) is 0 Å². The summed E-state index contributed by atoms with van der Waals surface area (Å²) in [5.41, 5.74) is 2.69. The van der Waals surface area contributed by atoms with E-state index in [0.717, 1.165) is 22.2 Å². The summed E-state index contributed by atoms with van der Waals surface area (Å²) in [5.74, 6) is 1.42. The average Bonchev–Trinajstić information content (AvgIpc) is 3.05. The zero-order valence-corrected chi connectivity index (χ0v) is 14.0. The number of nitrogens with zero attached hydrogens (tertiary/aromatic N) is 2. The zero-order valence-electron chi connectivity index (χ0n) is 14.0. The minimum absolute atomic E-state index is 0.0501. The number of ether oxygens (including phenoxy) is 1. The summed E-state index contributed by atoms with van der Waals surface area (Å²) in [7, 11) is 3.39. The number of methoxy groups -OCH3 is 1. The van der Waals surface area contributed by atoms with E-state index in [-0.39, 0.29) is 5.56 Å². The summed E-state index contributed by atoms with van der Waals surface area (Å²) < 4.78 is 6.86. The summed E-state index contributed by atoms with van der Waals surface area (Å²) in [6.45, 7) is 0. The summed E-state index contributed by atoms with van der Waals surface area (Å²) in [5, 5.41) is 1.68. The molecule has 0 atom stereocenters. The minimum atomic E-state index is -0.0501. The van der Waals surface area contributed by atoms with Crippen LogP contribution in [-0.2, 0) is 7.05 Å². The third kappa shape index (κ3) is 2.59. The van der Waals surface area contributed by atoms with E-state index < -0.39 is 0 Å². The van der Waals surface area contributed by atoms with Crippen molar-refractivity contribution in [1.82, 2.24) is 14.5 Å². The van der Waals surface area contributed by atoms with Crippen LogP contribution in [0.1, 0.15) is 11.4 Å². The van der Waals surface area contributed by atoms with Crippen molar-refractivity contribution in [2.24, 2.45) is 7.05 Å². The van der Waals surface area contributed by atoms with Gasteiger partial charge in [0.05, 0.1) is 18.0 Å². The number of rotatable bonds is 3. The molecule has 0 spiro atoms. The summed E-state index contributed by atoms with van der Waals surface area (Å²) in [4.78, 5) is 20.3. The van der Waals surface area contributed by atoms with Crippen LogP contribution in [-0.4, -0.2) is 21.6 Å². The Bertz CT molecular complexity index is 1170. The van der Waals surface area contributed by atoms with Crippen LogP contribution >= 0.6 is 0 Å². The van der Waals surface area contributed by atoms with E-state index in [9.17, 15) is 4.79 Å². The predicted octanol–water partition coefficient (Wildman–Crippen LogP) is 3.59. The molecule has 0 aliphatic carbocycles. The topological polar surface area (TPSA) is 59.9 Å². The molecule has 0 fully saturated rings. The highest BCUT2D eigenvalue weighted by Crippen LogP contribution is 2.25. The van der Waals surface area contributed by atoms with Crippen molar-refractivity contribution < 1.29 is 4.74 Å². The van der Waals surface area contributed by atoms with Crippen LogP contribution in [0.5, 0.6) is 5.75 Å². The van der Waals surface area contributed by atoms with Gasteiger partial charge in [-0.05, 0) is 42.5 Å². The lowest BCUT2D eigenvalue weighted by atomic mass is 10.1. The molecule has 4 rings (SSSR count). The second-order valence-corrected chi connectivity index (χ2v) is 5.84. The van der Waals surface area contributed by atoms with Crippen molar-refractivity contribution in [2.45, 2.75) is 0 Å². The van der Waals surface area contributed by atoms with E-state index in [2.05, 4.69) is 9.97 Å². The lowest BCUT2D eigenvalue weighted by molar-refractivity contribution is 0.415. The normalized spacial score (nSPS) is 11.6. The number of fused-ring (bicyclic) bond motifs is 2. The molecule has 2 aromatic heterocycles. The highest BCUT2D eigenvalue weighted by atomic mass is 16.5. The molecule has 0 radical (unpaired) electrons. The quantitative estimate of drug-likeness (QED) is 0.624. The van der Waals surface area contributed by atoms with Gasteiger partial charge >= 0.3 is 0 Å². The van der Waals surface area contributed by atoms with Crippen LogP contribution < -0.4 is 10.3 Å². The third-order valence-electron chi connectivity index (χ3n) is 4.35. The zero-order chi connectivity index (χ0) is 17.4. The predicted molar refractivity (Wildman–Crippen MR) is 101 cm³/mol. The van der Waals surface area contributed by atoms with Gasteiger partial charge in [-0.1, -0.05) is 12.1 Å². The van der Waals surface area contributed by atoms with Crippen molar-refractivity contribution in [3.05, 3.63) is 70.4 Å². The number of hydrogen-bond donors (Lipinski definition) is 1. The number of aromatic nitrogens is 3. The van der Waals surface area contributed by atoms with Crippen LogP contribution in [0.15, 0.2) is 53.5 Å². The van der Waals surface area contributed by atoms with Gasteiger partial charge in [-0.25, -0.2) is 4.98 Å².